The summed E-state index contributed by atoms with van der Waals surface area (Å²) in [6.45, 7) is 8.23. The Hall–Kier alpha value is -1.62. The van der Waals surface area contributed by atoms with Gasteiger partial charge in [-0.1, -0.05) is 6.42 Å². The minimum absolute atomic E-state index is 0.369. The summed E-state index contributed by atoms with van der Waals surface area (Å²) in [7, 11) is 0. The molecule has 0 radical (unpaired) electrons. The molecule has 3 aliphatic rings. The summed E-state index contributed by atoms with van der Waals surface area (Å²) in [5.74, 6) is 1.11. The van der Waals surface area contributed by atoms with Gasteiger partial charge in [0, 0.05) is 56.7 Å². The molecule has 27 heavy (non-hydrogen) atoms. The zero-order valence-corrected chi connectivity index (χ0v) is 16.8. The molecule has 0 saturated carbocycles. The SMILES string of the molecule is Cc1cnccc1N1CCN(C(=O)CC[C@@H]2CCCN3CCCC[C@H]23)CC1. The number of piperidine rings is 2. The summed E-state index contributed by atoms with van der Waals surface area (Å²) in [4.78, 5) is 24.2. The van der Waals surface area contributed by atoms with E-state index in [1.165, 1.54) is 56.4 Å². The molecular weight excluding hydrogens is 336 g/mol. The highest BCUT2D eigenvalue weighted by molar-refractivity contribution is 5.76. The van der Waals surface area contributed by atoms with Crippen LogP contribution in [0.2, 0.25) is 0 Å². The zero-order valence-electron chi connectivity index (χ0n) is 16.8. The number of carbonyl (C=O) groups excluding carboxylic acids is 1. The lowest BCUT2D eigenvalue weighted by atomic mass is 9.81. The first kappa shape index (κ1) is 18.7. The Labute approximate surface area is 163 Å². The first-order chi connectivity index (χ1) is 13.2. The lowest BCUT2D eigenvalue weighted by molar-refractivity contribution is -0.132. The molecule has 1 aromatic rings. The van der Waals surface area contributed by atoms with Gasteiger partial charge in [-0.15, -0.1) is 0 Å². The van der Waals surface area contributed by atoms with Crippen LogP contribution < -0.4 is 4.90 Å². The van der Waals surface area contributed by atoms with Crippen LogP contribution in [0.5, 0.6) is 0 Å². The molecule has 0 spiro atoms. The van der Waals surface area contributed by atoms with Crippen LogP contribution in [0.3, 0.4) is 0 Å². The molecule has 1 aromatic heterocycles. The lowest BCUT2D eigenvalue weighted by Crippen LogP contribution is -2.50. The van der Waals surface area contributed by atoms with E-state index >= 15 is 0 Å². The maximum atomic E-state index is 12.8. The predicted octanol–water partition coefficient (Wildman–Crippen LogP) is 3.08. The molecule has 0 unspecified atom stereocenters. The molecule has 5 heteroatoms. The van der Waals surface area contributed by atoms with Gasteiger partial charge in [-0.25, -0.2) is 0 Å². The van der Waals surface area contributed by atoms with Gasteiger partial charge in [-0.2, -0.15) is 0 Å². The smallest absolute Gasteiger partial charge is 0.222 e. The van der Waals surface area contributed by atoms with E-state index in [1.807, 2.05) is 12.4 Å². The van der Waals surface area contributed by atoms with Crippen molar-refractivity contribution in [3.63, 3.8) is 0 Å². The third kappa shape index (κ3) is 4.29. The van der Waals surface area contributed by atoms with Gasteiger partial charge in [0.2, 0.25) is 5.91 Å². The molecule has 4 rings (SSSR count). The van der Waals surface area contributed by atoms with Crippen LogP contribution in [0.25, 0.3) is 0 Å². The number of carbonyl (C=O) groups is 1. The summed E-state index contributed by atoms with van der Waals surface area (Å²) >= 11 is 0. The van der Waals surface area contributed by atoms with Crippen molar-refractivity contribution in [3.8, 4) is 0 Å². The van der Waals surface area contributed by atoms with Crippen LogP contribution in [0, 0.1) is 12.8 Å². The standard InChI is InChI=1S/C22H34N4O/c1-18-17-23-10-9-20(18)25-13-15-26(16-14-25)22(27)8-7-19-5-4-12-24-11-3-2-6-21(19)24/h9-10,17,19,21H,2-8,11-16H2,1H3/t19-,21+/m0/s1. The molecule has 4 heterocycles. The highest BCUT2D eigenvalue weighted by atomic mass is 16.2. The van der Waals surface area contributed by atoms with Gasteiger partial charge in [-0.3, -0.25) is 9.78 Å². The van der Waals surface area contributed by atoms with Gasteiger partial charge in [0.25, 0.3) is 0 Å². The quantitative estimate of drug-likeness (QED) is 0.817. The summed E-state index contributed by atoms with van der Waals surface area (Å²) < 4.78 is 0. The van der Waals surface area contributed by atoms with Crippen molar-refractivity contribution in [1.29, 1.82) is 0 Å². The summed E-state index contributed by atoms with van der Waals surface area (Å²) in [5, 5.41) is 0. The fourth-order valence-electron chi connectivity index (χ4n) is 5.40. The molecule has 0 N–H and O–H groups in total. The molecule has 3 fully saturated rings. The van der Waals surface area contributed by atoms with Crippen molar-refractivity contribution < 1.29 is 4.79 Å². The van der Waals surface area contributed by atoms with Gasteiger partial charge in [-0.05, 0) is 69.7 Å². The number of pyridine rings is 1. The lowest BCUT2D eigenvalue weighted by Gasteiger charge is -2.44. The Morgan fingerprint density at radius 3 is 2.70 bits per heavy atom. The monoisotopic (exact) mass is 370 g/mol. The fourth-order valence-corrected chi connectivity index (χ4v) is 5.40. The van der Waals surface area contributed by atoms with Crippen molar-refractivity contribution >= 4 is 11.6 Å². The van der Waals surface area contributed by atoms with Crippen molar-refractivity contribution in [2.24, 2.45) is 5.92 Å². The van der Waals surface area contributed by atoms with E-state index in [0.29, 0.717) is 5.91 Å². The second-order valence-electron chi connectivity index (χ2n) is 8.57. The third-order valence-electron chi connectivity index (χ3n) is 6.92. The van der Waals surface area contributed by atoms with E-state index < -0.39 is 0 Å². The van der Waals surface area contributed by atoms with Gasteiger partial charge in [0.05, 0.1) is 0 Å². The topological polar surface area (TPSA) is 39.7 Å². The number of amides is 1. The van der Waals surface area contributed by atoms with Crippen molar-refractivity contribution in [2.45, 2.75) is 57.9 Å². The fraction of sp³-hybridized carbons (Fsp3) is 0.727. The van der Waals surface area contributed by atoms with E-state index in [9.17, 15) is 4.79 Å². The number of fused-ring (bicyclic) bond motifs is 1. The number of aromatic nitrogens is 1. The number of anilines is 1. The van der Waals surface area contributed by atoms with Crippen LogP contribution in [-0.2, 0) is 4.79 Å². The second kappa shape index (κ2) is 8.59. The number of rotatable bonds is 4. The largest absolute Gasteiger partial charge is 0.368 e. The van der Waals surface area contributed by atoms with Crippen LogP contribution in [0.1, 0.15) is 50.5 Å². The van der Waals surface area contributed by atoms with E-state index in [-0.39, 0.29) is 0 Å². The average molecular weight is 371 g/mol. The predicted molar refractivity (Wildman–Crippen MR) is 109 cm³/mol. The molecule has 5 nitrogen and oxygen atoms in total. The van der Waals surface area contributed by atoms with Crippen LogP contribution in [0.15, 0.2) is 18.5 Å². The summed E-state index contributed by atoms with van der Waals surface area (Å²) in [6, 6.07) is 2.85. The Balaban J connectivity index is 1.25. The van der Waals surface area contributed by atoms with E-state index in [4.69, 9.17) is 0 Å². The summed E-state index contributed by atoms with van der Waals surface area (Å²) in [5.41, 5.74) is 2.48. The van der Waals surface area contributed by atoms with Gasteiger partial charge >= 0.3 is 0 Å². The third-order valence-corrected chi connectivity index (χ3v) is 6.92. The maximum Gasteiger partial charge on any atom is 0.222 e. The molecule has 2 atom stereocenters. The van der Waals surface area contributed by atoms with Crippen molar-refractivity contribution in [3.05, 3.63) is 24.0 Å². The maximum absolute atomic E-state index is 12.8. The minimum atomic E-state index is 0.369. The molecule has 3 saturated heterocycles. The zero-order chi connectivity index (χ0) is 18.6. The van der Waals surface area contributed by atoms with Gasteiger partial charge < -0.3 is 14.7 Å². The Morgan fingerprint density at radius 1 is 1.07 bits per heavy atom. The first-order valence-electron chi connectivity index (χ1n) is 10.9. The number of nitrogens with zero attached hydrogens (tertiary/aromatic N) is 4. The van der Waals surface area contributed by atoms with Crippen LogP contribution in [0.4, 0.5) is 5.69 Å². The molecule has 0 aromatic carbocycles. The normalized spacial score (nSPS) is 26.7. The highest BCUT2D eigenvalue weighted by Gasteiger charge is 2.33. The molecule has 1 amide bonds. The van der Waals surface area contributed by atoms with Crippen molar-refractivity contribution in [2.75, 3.05) is 44.2 Å². The number of aryl methyl sites for hydroxylation is 1. The van der Waals surface area contributed by atoms with E-state index in [1.54, 1.807) is 0 Å². The number of piperazine rings is 1. The van der Waals surface area contributed by atoms with Gasteiger partial charge in [0.15, 0.2) is 0 Å². The number of hydrogen-bond acceptors (Lipinski definition) is 4. The summed E-state index contributed by atoms with van der Waals surface area (Å²) in [6.07, 6.45) is 12.3. The Bertz CT molecular complexity index is 639. The first-order valence-corrected chi connectivity index (χ1v) is 10.9. The van der Waals surface area contributed by atoms with Gasteiger partial charge in [0.1, 0.15) is 0 Å². The van der Waals surface area contributed by atoms with Crippen LogP contribution >= 0.6 is 0 Å². The molecule has 148 valence electrons. The van der Waals surface area contributed by atoms with Crippen LogP contribution in [-0.4, -0.2) is 66.0 Å². The molecule has 0 bridgehead atoms. The average Bonchev–Trinajstić information content (AvgIpc) is 2.72. The molecule has 0 aliphatic carbocycles. The minimum Gasteiger partial charge on any atom is -0.368 e. The second-order valence-corrected chi connectivity index (χ2v) is 8.57. The molecular formula is C22H34N4O. The van der Waals surface area contributed by atoms with E-state index in [0.717, 1.165) is 51.0 Å². The highest BCUT2D eigenvalue weighted by Crippen LogP contribution is 2.33. The Kier molecular flexibility index (Phi) is 5.96. The van der Waals surface area contributed by atoms with E-state index in [2.05, 4.69) is 32.7 Å². The van der Waals surface area contributed by atoms with Crippen molar-refractivity contribution in [1.82, 2.24) is 14.8 Å². The molecule has 3 aliphatic heterocycles. The number of hydrogen-bond donors (Lipinski definition) is 0. The Morgan fingerprint density at radius 2 is 1.89 bits per heavy atom.